The van der Waals surface area contributed by atoms with Crippen molar-refractivity contribution in [1.82, 2.24) is 9.36 Å². The van der Waals surface area contributed by atoms with E-state index in [2.05, 4.69) is 9.36 Å². The molecular weight excluding hydrogens is 206 g/mol. The smallest absolute Gasteiger partial charge is 0.170 e. The number of aliphatic hydroxyl groups is 1. The van der Waals surface area contributed by atoms with Crippen LogP contribution in [0.3, 0.4) is 0 Å². The van der Waals surface area contributed by atoms with Crippen LogP contribution < -0.4 is 5.73 Å². The molecule has 0 saturated heterocycles. The average Bonchev–Trinajstić information content (AvgIpc) is 2.48. The first-order chi connectivity index (χ1) is 6.03. The second-order valence-electron chi connectivity index (χ2n) is 3.10. The van der Waals surface area contributed by atoms with Crippen LogP contribution in [-0.2, 0) is 0 Å². The van der Waals surface area contributed by atoms with E-state index in [1.165, 1.54) is 23.3 Å². The Balaban J connectivity index is 2.43. The minimum atomic E-state index is -0.815. The summed E-state index contributed by atoms with van der Waals surface area (Å²) in [5.41, 5.74) is 4.56. The van der Waals surface area contributed by atoms with Crippen molar-refractivity contribution in [3.8, 4) is 0 Å². The predicted molar refractivity (Wildman–Crippen MR) is 55.0 cm³/mol. The molecule has 0 radical (unpaired) electrons. The molecule has 0 spiro atoms. The molecule has 1 heterocycles. The zero-order valence-electron chi connectivity index (χ0n) is 7.65. The standard InChI is InChI=1S/C7H13N3OS2/c1-5-9-6(13-10-5)12-4-7(2,11)3-8/h11H,3-4,8H2,1-2H3. The molecule has 1 rings (SSSR count). The summed E-state index contributed by atoms with van der Waals surface area (Å²) in [5.74, 6) is 1.33. The van der Waals surface area contributed by atoms with Crippen molar-refractivity contribution >= 4 is 23.3 Å². The van der Waals surface area contributed by atoms with E-state index in [1.807, 2.05) is 6.92 Å². The molecule has 0 amide bonds. The fraction of sp³-hybridized carbons (Fsp3) is 0.714. The quantitative estimate of drug-likeness (QED) is 0.727. The normalized spacial score (nSPS) is 15.7. The summed E-state index contributed by atoms with van der Waals surface area (Å²) in [6.07, 6.45) is 0. The SMILES string of the molecule is Cc1nsc(SCC(C)(O)CN)n1. The van der Waals surface area contributed by atoms with Crippen LogP contribution in [0.5, 0.6) is 0 Å². The Kier molecular flexibility index (Phi) is 3.66. The molecule has 6 heteroatoms. The van der Waals surface area contributed by atoms with Crippen LogP contribution in [0.15, 0.2) is 4.34 Å². The highest BCUT2D eigenvalue weighted by atomic mass is 32.2. The molecule has 0 aliphatic rings. The van der Waals surface area contributed by atoms with E-state index in [4.69, 9.17) is 5.73 Å². The molecule has 0 aromatic carbocycles. The number of thioether (sulfide) groups is 1. The van der Waals surface area contributed by atoms with Gasteiger partial charge in [-0.05, 0) is 25.4 Å². The van der Waals surface area contributed by atoms with Crippen molar-refractivity contribution in [2.24, 2.45) is 5.73 Å². The largest absolute Gasteiger partial charge is 0.388 e. The van der Waals surface area contributed by atoms with Crippen molar-refractivity contribution in [3.05, 3.63) is 5.82 Å². The first-order valence-corrected chi connectivity index (χ1v) is 5.65. The molecule has 0 saturated carbocycles. The van der Waals surface area contributed by atoms with Gasteiger partial charge in [0.1, 0.15) is 5.82 Å². The van der Waals surface area contributed by atoms with Crippen molar-refractivity contribution < 1.29 is 5.11 Å². The van der Waals surface area contributed by atoms with E-state index < -0.39 is 5.60 Å². The lowest BCUT2D eigenvalue weighted by Crippen LogP contribution is -2.36. The zero-order valence-corrected chi connectivity index (χ0v) is 9.28. The maximum atomic E-state index is 9.60. The Bertz CT molecular complexity index is 274. The van der Waals surface area contributed by atoms with Crippen LogP contribution in [0.1, 0.15) is 12.7 Å². The molecular formula is C7H13N3OS2. The first-order valence-electron chi connectivity index (χ1n) is 3.89. The van der Waals surface area contributed by atoms with Crippen molar-refractivity contribution in [3.63, 3.8) is 0 Å². The fourth-order valence-electron chi connectivity index (χ4n) is 0.613. The van der Waals surface area contributed by atoms with E-state index in [0.717, 1.165) is 10.2 Å². The van der Waals surface area contributed by atoms with Gasteiger partial charge in [-0.25, -0.2) is 4.98 Å². The molecule has 0 aliphatic carbocycles. The molecule has 1 unspecified atom stereocenters. The average molecular weight is 219 g/mol. The monoisotopic (exact) mass is 219 g/mol. The molecule has 1 aromatic heterocycles. The minimum absolute atomic E-state index is 0.262. The highest BCUT2D eigenvalue weighted by Gasteiger charge is 2.19. The number of rotatable bonds is 4. The Morgan fingerprint density at radius 3 is 2.85 bits per heavy atom. The Labute approximate surface area is 85.7 Å². The Morgan fingerprint density at radius 2 is 2.38 bits per heavy atom. The molecule has 13 heavy (non-hydrogen) atoms. The van der Waals surface area contributed by atoms with Crippen molar-refractivity contribution in [1.29, 1.82) is 0 Å². The van der Waals surface area contributed by atoms with Gasteiger partial charge in [0.25, 0.3) is 0 Å². The summed E-state index contributed by atoms with van der Waals surface area (Å²) in [5, 5.41) is 9.60. The van der Waals surface area contributed by atoms with Crippen LogP contribution in [0.2, 0.25) is 0 Å². The second kappa shape index (κ2) is 4.36. The van der Waals surface area contributed by atoms with Gasteiger partial charge >= 0.3 is 0 Å². The van der Waals surface area contributed by atoms with Crippen LogP contribution in [0, 0.1) is 6.92 Å². The van der Waals surface area contributed by atoms with Gasteiger partial charge in [-0.15, -0.1) is 0 Å². The van der Waals surface area contributed by atoms with Gasteiger partial charge < -0.3 is 10.8 Å². The summed E-state index contributed by atoms with van der Waals surface area (Å²) in [4.78, 5) is 4.17. The third kappa shape index (κ3) is 3.60. The van der Waals surface area contributed by atoms with Crippen LogP contribution in [-0.4, -0.2) is 32.4 Å². The summed E-state index contributed by atoms with van der Waals surface area (Å²) in [6.45, 7) is 3.83. The van der Waals surface area contributed by atoms with Crippen molar-refractivity contribution in [2.75, 3.05) is 12.3 Å². The predicted octanol–water partition coefficient (Wildman–Crippen LogP) is 0.648. The lowest BCUT2D eigenvalue weighted by molar-refractivity contribution is 0.0949. The summed E-state index contributed by atoms with van der Waals surface area (Å²) >= 11 is 2.84. The molecule has 1 aromatic rings. The summed E-state index contributed by atoms with van der Waals surface area (Å²) < 4.78 is 4.92. The van der Waals surface area contributed by atoms with Gasteiger partial charge in [0.05, 0.1) is 5.60 Å². The highest BCUT2D eigenvalue weighted by molar-refractivity contribution is 8.01. The van der Waals surface area contributed by atoms with E-state index in [0.29, 0.717) is 5.75 Å². The van der Waals surface area contributed by atoms with Gasteiger partial charge in [-0.2, -0.15) is 4.37 Å². The van der Waals surface area contributed by atoms with Crippen LogP contribution >= 0.6 is 23.3 Å². The Morgan fingerprint density at radius 1 is 1.69 bits per heavy atom. The van der Waals surface area contributed by atoms with Gasteiger partial charge in [0.2, 0.25) is 0 Å². The fourth-order valence-corrected chi connectivity index (χ4v) is 2.29. The molecule has 0 bridgehead atoms. The number of nitrogens with zero attached hydrogens (tertiary/aromatic N) is 2. The maximum Gasteiger partial charge on any atom is 0.170 e. The second-order valence-corrected chi connectivity index (χ2v) is 5.07. The Hall–Kier alpha value is -0.170. The minimum Gasteiger partial charge on any atom is -0.388 e. The zero-order chi connectivity index (χ0) is 9.90. The lowest BCUT2D eigenvalue weighted by Gasteiger charge is -2.18. The first kappa shape index (κ1) is 10.9. The topological polar surface area (TPSA) is 72.0 Å². The number of aryl methyl sites for hydroxylation is 1. The van der Waals surface area contributed by atoms with E-state index in [1.54, 1.807) is 6.92 Å². The number of hydrogen-bond acceptors (Lipinski definition) is 6. The third-order valence-electron chi connectivity index (χ3n) is 1.46. The van der Waals surface area contributed by atoms with Crippen molar-refractivity contribution in [2.45, 2.75) is 23.8 Å². The summed E-state index contributed by atoms with van der Waals surface area (Å²) in [7, 11) is 0. The van der Waals surface area contributed by atoms with Gasteiger partial charge in [-0.1, -0.05) is 11.8 Å². The number of hydrogen-bond donors (Lipinski definition) is 2. The molecule has 0 aliphatic heterocycles. The van der Waals surface area contributed by atoms with E-state index in [9.17, 15) is 5.11 Å². The highest BCUT2D eigenvalue weighted by Crippen LogP contribution is 2.23. The van der Waals surface area contributed by atoms with E-state index in [-0.39, 0.29) is 6.54 Å². The number of nitrogens with two attached hydrogens (primary N) is 1. The molecule has 1 atom stereocenters. The molecule has 0 fully saturated rings. The van der Waals surface area contributed by atoms with Gasteiger partial charge in [-0.3, -0.25) is 0 Å². The third-order valence-corrected chi connectivity index (χ3v) is 3.74. The maximum absolute atomic E-state index is 9.60. The summed E-state index contributed by atoms with van der Waals surface area (Å²) in [6, 6.07) is 0. The van der Waals surface area contributed by atoms with E-state index >= 15 is 0 Å². The van der Waals surface area contributed by atoms with Gasteiger partial charge in [0, 0.05) is 12.3 Å². The van der Waals surface area contributed by atoms with Gasteiger partial charge in [0.15, 0.2) is 4.34 Å². The molecule has 3 N–H and O–H groups in total. The molecule has 74 valence electrons. The lowest BCUT2D eigenvalue weighted by atomic mass is 10.1. The number of aromatic nitrogens is 2. The van der Waals surface area contributed by atoms with Crippen LogP contribution in [0.25, 0.3) is 0 Å². The van der Waals surface area contributed by atoms with Crippen LogP contribution in [0.4, 0.5) is 0 Å². The molecule has 4 nitrogen and oxygen atoms in total.